The Kier molecular flexibility index (Phi) is 5.25. The lowest BCUT2D eigenvalue weighted by Crippen LogP contribution is -2.52. The van der Waals surface area contributed by atoms with Gasteiger partial charge in [-0.15, -0.1) is 0 Å². The molecule has 2 aromatic carbocycles. The molecule has 2 bridgehead atoms. The van der Waals surface area contributed by atoms with Gasteiger partial charge in [0.1, 0.15) is 17.6 Å². The monoisotopic (exact) mass is 408 g/mol. The second-order valence-corrected chi connectivity index (χ2v) is 8.40. The minimum Gasteiger partial charge on any atom is -0.497 e. The average Bonchev–Trinajstić information content (AvgIpc) is 2.80. The van der Waals surface area contributed by atoms with Crippen molar-refractivity contribution in [2.24, 2.45) is 5.92 Å². The van der Waals surface area contributed by atoms with Gasteiger partial charge in [0.15, 0.2) is 0 Å². The van der Waals surface area contributed by atoms with Crippen molar-refractivity contribution in [2.75, 3.05) is 33.4 Å². The van der Waals surface area contributed by atoms with Crippen molar-refractivity contribution >= 4 is 6.09 Å². The number of benzene rings is 2. The van der Waals surface area contributed by atoms with Crippen molar-refractivity contribution < 1.29 is 19.0 Å². The van der Waals surface area contributed by atoms with E-state index in [-0.39, 0.29) is 18.2 Å². The number of hydrogen-bond acceptors (Lipinski definition) is 5. The summed E-state index contributed by atoms with van der Waals surface area (Å²) < 4.78 is 17.0. The summed E-state index contributed by atoms with van der Waals surface area (Å²) in [4.78, 5) is 15.0. The number of carbonyl (C=O) groups excluding carboxylic acids is 1. The highest BCUT2D eigenvalue weighted by molar-refractivity contribution is 5.70. The third kappa shape index (κ3) is 3.84. The number of alkyl carbamates (subject to hydrolysis) is 1. The number of piperidine rings is 3. The maximum Gasteiger partial charge on any atom is 0.407 e. The van der Waals surface area contributed by atoms with Crippen molar-refractivity contribution in [3.8, 4) is 22.6 Å². The SMILES string of the molecule is COc1ccc(-c2ccc3c(c2)OCCC3NC(=O)O[C@H]2CN3CCC2CC3)cc1. The number of fused-ring (bicyclic) bond motifs is 4. The zero-order valence-corrected chi connectivity index (χ0v) is 17.3. The summed E-state index contributed by atoms with van der Waals surface area (Å²) in [6.07, 6.45) is 2.71. The molecular weight excluding hydrogens is 380 g/mol. The summed E-state index contributed by atoms with van der Waals surface area (Å²) in [6, 6.07) is 14.0. The Bertz CT molecular complexity index is 906. The third-order valence-electron chi connectivity index (χ3n) is 6.62. The van der Waals surface area contributed by atoms with Crippen LogP contribution in [0.4, 0.5) is 4.79 Å². The molecule has 6 nitrogen and oxygen atoms in total. The summed E-state index contributed by atoms with van der Waals surface area (Å²) in [5.41, 5.74) is 3.18. The average molecular weight is 408 g/mol. The first kappa shape index (κ1) is 19.2. The van der Waals surface area contributed by atoms with Gasteiger partial charge in [-0.2, -0.15) is 0 Å². The quantitative estimate of drug-likeness (QED) is 0.829. The predicted octanol–water partition coefficient (Wildman–Crippen LogP) is 4.01. The van der Waals surface area contributed by atoms with Gasteiger partial charge in [-0.25, -0.2) is 4.79 Å². The predicted molar refractivity (Wildman–Crippen MR) is 114 cm³/mol. The molecule has 4 aliphatic rings. The Balaban J connectivity index is 1.27. The second kappa shape index (κ2) is 8.19. The first-order valence-electron chi connectivity index (χ1n) is 10.8. The molecule has 3 saturated heterocycles. The maximum atomic E-state index is 12.6. The molecule has 3 fully saturated rings. The van der Waals surface area contributed by atoms with E-state index in [4.69, 9.17) is 14.2 Å². The van der Waals surface area contributed by atoms with Gasteiger partial charge in [-0.3, -0.25) is 4.90 Å². The topological polar surface area (TPSA) is 60.0 Å². The van der Waals surface area contributed by atoms with Crippen molar-refractivity contribution in [3.63, 3.8) is 0 Å². The van der Waals surface area contributed by atoms with Crippen LogP contribution in [0.15, 0.2) is 42.5 Å². The Labute approximate surface area is 177 Å². The summed E-state index contributed by atoms with van der Waals surface area (Å²) in [5, 5.41) is 3.08. The first-order chi connectivity index (χ1) is 14.7. The number of hydrogen-bond donors (Lipinski definition) is 1. The number of rotatable bonds is 4. The zero-order valence-electron chi connectivity index (χ0n) is 17.3. The number of nitrogens with zero attached hydrogens (tertiary/aromatic N) is 1. The van der Waals surface area contributed by atoms with E-state index >= 15 is 0 Å². The normalized spacial score (nSPS) is 27.0. The molecule has 2 atom stereocenters. The number of carbonyl (C=O) groups is 1. The van der Waals surface area contributed by atoms with Gasteiger partial charge in [-0.1, -0.05) is 24.3 Å². The number of methoxy groups -OCH3 is 1. The molecule has 0 saturated carbocycles. The van der Waals surface area contributed by atoms with Crippen LogP contribution in [-0.2, 0) is 4.74 Å². The molecule has 1 N–H and O–H groups in total. The van der Waals surface area contributed by atoms with Gasteiger partial charge in [0.05, 0.1) is 19.8 Å². The van der Waals surface area contributed by atoms with Crippen LogP contribution in [0.3, 0.4) is 0 Å². The van der Waals surface area contributed by atoms with Gasteiger partial charge in [-0.05, 0) is 61.2 Å². The Morgan fingerprint density at radius 1 is 1.07 bits per heavy atom. The Morgan fingerprint density at radius 2 is 1.83 bits per heavy atom. The van der Waals surface area contributed by atoms with Crippen LogP contribution in [0.2, 0.25) is 0 Å². The highest BCUT2D eigenvalue weighted by Gasteiger charge is 2.37. The highest BCUT2D eigenvalue weighted by atomic mass is 16.6. The van der Waals surface area contributed by atoms with Gasteiger partial charge in [0.2, 0.25) is 0 Å². The molecule has 0 spiro atoms. The second-order valence-electron chi connectivity index (χ2n) is 8.40. The van der Waals surface area contributed by atoms with E-state index in [1.165, 1.54) is 0 Å². The molecular formula is C24H28N2O4. The fraction of sp³-hybridized carbons (Fsp3) is 0.458. The highest BCUT2D eigenvalue weighted by Crippen LogP contribution is 2.36. The van der Waals surface area contributed by atoms with Crippen LogP contribution in [0, 0.1) is 5.92 Å². The molecule has 158 valence electrons. The van der Waals surface area contributed by atoms with Crippen molar-refractivity contribution in [3.05, 3.63) is 48.0 Å². The van der Waals surface area contributed by atoms with E-state index in [0.717, 1.165) is 67.1 Å². The summed E-state index contributed by atoms with van der Waals surface area (Å²) in [5.74, 6) is 2.16. The van der Waals surface area contributed by atoms with Crippen LogP contribution in [-0.4, -0.2) is 50.4 Å². The van der Waals surface area contributed by atoms with Crippen molar-refractivity contribution in [1.29, 1.82) is 0 Å². The van der Waals surface area contributed by atoms with Crippen LogP contribution in [0.5, 0.6) is 11.5 Å². The number of ether oxygens (including phenoxy) is 3. The standard InChI is InChI=1S/C24H28N2O4/c1-28-19-5-2-16(3-6-19)18-4-7-20-21(10-13-29-22(20)14-18)25-24(27)30-23-15-26-11-8-17(23)9-12-26/h2-7,14,17,21,23H,8-13,15H2,1H3,(H,25,27)/t21?,23-/m0/s1. The van der Waals surface area contributed by atoms with Crippen LogP contribution in [0.25, 0.3) is 11.1 Å². The minimum atomic E-state index is -0.314. The van der Waals surface area contributed by atoms with Crippen LogP contribution >= 0.6 is 0 Å². The summed E-state index contributed by atoms with van der Waals surface area (Å²) in [7, 11) is 1.66. The molecule has 1 unspecified atom stereocenters. The molecule has 30 heavy (non-hydrogen) atoms. The molecule has 0 radical (unpaired) electrons. The molecule has 2 aromatic rings. The molecule has 4 aliphatic heterocycles. The lowest BCUT2D eigenvalue weighted by Gasteiger charge is -2.44. The number of amides is 1. The van der Waals surface area contributed by atoms with Gasteiger partial charge in [0, 0.05) is 18.5 Å². The lowest BCUT2D eigenvalue weighted by molar-refractivity contribution is -0.0342. The van der Waals surface area contributed by atoms with E-state index in [0.29, 0.717) is 12.5 Å². The summed E-state index contributed by atoms with van der Waals surface area (Å²) in [6.45, 7) is 3.71. The number of nitrogens with one attached hydrogen (secondary N) is 1. The molecule has 6 rings (SSSR count). The lowest BCUT2D eigenvalue weighted by atomic mass is 9.86. The van der Waals surface area contributed by atoms with Gasteiger partial charge >= 0.3 is 6.09 Å². The molecule has 0 aromatic heterocycles. The summed E-state index contributed by atoms with van der Waals surface area (Å²) >= 11 is 0. The van der Waals surface area contributed by atoms with Crippen molar-refractivity contribution in [2.45, 2.75) is 31.4 Å². The zero-order chi connectivity index (χ0) is 20.5. The van der Waals surface area contributed by atoms with E-state index in [1.54, 1.807) is 7.11 Å². The third-order valence-corrected chi connectivity index (χ3v) is 6.62. The first-order valence-corrected chi connectivity index (χ1v) is 10.8. The largest absolute Gasteiger partial charge is 0.497 e. The molecule has 6 heteroatoms. The minimum absolute atomic E-state index is 0.0178. The van der Waals surface area contributed by atoms with Gasteiger partial charge in [0.25, 0.3) is 0 Å². The molecule has 4 heterocycles. The van der Waals surface area contributed by atoms with Gasteiger partial charge < -0.3 is 19.5 Å². The fourth-order valence-corrected chi connectivity index (χ4v) is 4.86. The smallest absolute Gasteiger partial charge is 0.407 e. The van der Waals surface area contributed by atoms with E-state index in [2.05, 4.69) is 16.3 Å². The Hall–Kier alpha value is -2.73. The van der Waals surface area contributed by atoms with E-state index in [1.807, 2.05) is 36.4 Å². The Morgan fingerprint density at radius 3 is 2.53 bits per heavy atom. The molecule has 0 aliphatic carbocycles. The maximum absolute atomic E-state index is 12.6. The molecule has 1 amide bonds. The fourth-order valence-electron chi connectivity index (χ4n) is 4.86. The van der Waals surface area contributed by atoms with Crippen LogP contribution in [0.1, 0.15) is 30.9 Å². The van der Waals surface area contributed by atoms with Crippen molar-refractivity contribution in [1.82, 2.24) is 10.2 Å². The van der Waals surface area contributed by atoms with E-state index in [9.17, 15) is 4.79 Å². The van der Waals surface area contributed by atoms with E-state index < -0.39 is 0 Å². The van der Waals surface area contributed by atoms with Crippen LogP contribution < -0.4 is 14.8 Å².